The van der Waals surface area contributed by atoms with E-state index in [1.165, 1.54) is 12.1 Å². The van der Waals surface area contributed by atoms with E-state index in [2.05, 4.69) is 21.8 Å². The highest BCUT2D eigenvalue weighted by Gasteiger charge is 2.04. The van der Waals surface area contributed by atoms with Crippen molar-refractivity contribution in [3.8, 4) is 5.75 Å². The zero-order valence-electron chi connectivity index (χ0n) is 12.8. The molecule has 0 bridgehead atoms. The molecule has 0 aromatic heterocycles. The molecule has 1 N–H and O–H groups in total. The van der Waals surface area contributed by atoms with Crippen molar-refractivity contribution >= 4 is 5.96 Å². The molecule has 1 aromatic carbocycles. The SMILES string of the molecule is C=CCCCN(C)C(=NC)NCCOc1cccc(F)c1. The van der Waals surface area contributed by atoms with E-state index < -0.39 is 0 Å². The molecule has 0 fully saturated rings. The predicted molar refractivity (Wildman–Crippen MR) is 85.3 cm³/mol. The lowest BCUT2D eigenvalue weighted by molar-refractivity contribution is 0.317. The number of aliphatic imine (C=N–C) groups is 1. The smallest absolute Gasteiger partial charge is 0.193 e. The zero-order chi connectivity index (χ0) is 15.5. The fourth-order valence-corrected chi connectivity index (χ4v) is 1.85. The van der Waals surface area contributed by atoms with Crippen molar-refractivity contribution < 1.29 is 9.13 Å². The molecule has 1 aromatic rings. The first-order chi connectivity index (χ1) is 10.2. The lowest BCUT2D eigenvalue weighted by Gasteiger charge is -2.21. The summed E-state index contributed by atoms with van der Waals surface area (Å²) in [5, 5.41) is 3.21. The monoisotopic (exact) mass is 293 g/mol. The Labute approximate surface area is 126 Å². The van der Waals surface area contributed by atoms with E-state index in [-0.39, 0.29) is 5.82 Å². The van der Waals surface area contributed by atoms with E-state index in [1.807, 2.05) is 13.1 Å². The van der Waals surface area contributed by atoms with Crippen LogP contribution in [0.5, 0.6) is 5.75 Å². The second-order valence-corrected chi connectivity index (χ2v) is 4.63. The van der Waals surface area contributed by atoms with Gasteiger partial charge in [-0.25, -0.2) is 4.39 Å². The van der Waals surface area contributed by atoms with Crippen molar-refractivity contribution in [1.82, 2.24) is 10.2 Å². The van der Waals surface area contributed by atoms with Gasteiger partial charge in [0.05, 0.1) is 6.54 Å². The molecule has 116 valence electrons. The standard InChI is InChI=1S/C16H24FN3O/c1-4-5-6-11-20(3)16(18-2)19-10-12-21-15-9-7-8-14(17)13-15/h4,7-9,13H,1,5-6,10-12H2,2-3H3,(H,18,19). The molecule has 0 aliphatic rings. The van der Waals surface area contributed by atoms with Crippen molar-refractivity contribution in [3.63, 3.8) is 0 Å². The van der Waals surface area contributed by atoms with Gasteiger partial charge in [0.1, 0.15) is 18.2 Å². The van der Waals surface area contributed by atoms with Gasteiger partial charge in [0, 0.05) is 26.7 Å². The van der Waals surface area contributed by atoms with Gasteiger partial charge in [0.15, 0.2) is 5.96 Å². The van der Waals surface area contributed by atoms with Crippen LogP contribution in [-0.4, -0.2) is 44.7 Å². The van der Waals surface area contributed by atoms with Crippen LogP contribution in [0.2, 0.25) is 0 Å². The summed E-state index contributed by atoms with van der Waals surface area (Å²) >= 11 is 0. The first-order valence-corrected chi connectivity index (χ1v) is 7.08. The highest BCUT2D eigenvalue weighted by atomic mass is 19.1. The lowest BCUT2D eigenvalue weighted by atomic mass is 10.3. The Hall–Kier alpha value is -2.04. The summed E-state index contributed by atoms with van der Waals surface area (Å²) < 4.78 is 18.5. The minimum atomic E-state index is -0.293. The van der Waals surface area contributed by atoms with Gasteiger partial charge >= 0.3 is 0 Å². The van der Waals surface area contributed by atoms with E-state index >= 15 is 0 Å². The molecule has 5 heteroatoms. The molecule has 0 unspecified atom stereocenters. The number of halogens is 1. The normalized spacial score (nSPS) is 11.1. The maximum atomic E-state index is 13.0. The van der Waals surface area contributed by atoms with Gasteiger partial charge in [-0.05, 0) is 25.0 Å². The Kier molecular flexibility index (Phi) is 7.94. The molecule has 0 spiro atoms. The van der Waals surface area contributed by atoms with E-state index in [9.17, 15) is 4.39 Å². The van der Waals surface area contributed by atoms with Crippen LogP contribution in [0.4, 0.5) is 4.39 Å². The summed E-state index contributed by atoms with van der Waals surface area (Å²) in [6.07, 6.45) is 3.95. The third kappa shape index (κ3) is 6.79. The van der Waals surface area contributed by atoms with Crippen molar-refractivity contribution in [2.45, 2.75) is 12.8 Å². The number of allylic oxidation sites excluding steroid dienone is 1. The third-order valence-corrected chi connectivity index (χ3v) is 2.93. The number of hydrogen-bond acceptors (Lipinski definition) is 2. The summed E-state index contributed by atoms with van der Waals surface area (Å²) in [5.74, 6) is 1.06. The number of rotatable bonds is 8. The number of nitrogens with one attached hydrogen (secondary N) is 1. The Morgan fingerprint density at radius 2 is 2.33 bits per heavy atom. The molecule has 0 radical (unpaired) electrons. The number of benzene rings is 1. The number of nitrogens with zero attached hydrogens (tertiary/aromatic N) is 2. The average molecular weight is 293 g/mol. The van der Waals surface area contributed by atoms with Crippen LogP contribution >= 0.6 is 0 Å². The minimum absolute atomic E-state index is 0.293. The lowest BCUT2D eigenvalue weighted by Crippen LogP contribution is -2.41. The van der Waals surface area contributed by atoms with Crippen LogP contribution in [0.25, 0.3) is 0 Å². The topological polar surface area (TPSA) is 36.9 Å². The van der Waals surface area contributed by atoms with Crippen LogP contribution in [-0.2, 0) is 0 Å². The van der Waals surface area contributed by atoms with E-state index in [4.69, 9.17) is 4.74 Å². The molecule has 0 atom stereocenters. The predicted octanol–water partition coefficient (Wildman–Crippen LogP) is 2.68. The summed E-state index contributed by atoms with van der Waals surface area (Å²) in [6.45, 7) is 5.68. The molecule has 4 nitrogen and oxygen atoms in total. The molecule has 0 heterocycles. The van der Waals surface area contributed by atoms with Gasteiger partial charge in [-0.15, -0.1) is 6.58 Å². The van der Waals surface area contributed by atoms with Gasteiger partial charge in [0.25, 0.3) is 0 Å². The number of hydrogen-bond donors (Lipinski definition) is 1. The van der Waals surface area contributed by atoms with Crippen molar-refractivity contribution in [1.29, 1.82) is 0 Å². The molecule has 0 aliphatic heterocycles. The summed E-state index contributed by atoms with van der Waals surface area (Å²) in [5.41, 5.74) is 0. The average Bonchev–Trinajstić information content (AvgIpc) is 2.47. The highest BCUT2D eigenvalue weighted by molar-refractivity contribution is 5.79. The maximum absolute atomic E-state index is 13.0. The molecule has 1 rings (SSSR count). The van der Waals surface area contributed by atoms with Crippen LogP contribution in [0.3, 0.4) is 0 Å². The van der Waals surface area contributed by atoms with E-state index in [1.54, 1.807) is 19.2 Å². The van der Waals surface area contributed by atoms with Crippen molar-refractivity contribution in [3.05, 3.63) is 42.7 Å². The Bertz CT molecular complexity index is 463. The van der Waals surface area contributed by atoms with Crippen LogP contribution < -0.4 is 10.1 Å². The van der Waals surface area contributed by atoms with Gasteiger partial charge in [-0.3, -0.25) is 4.99 Å². The molecule has 0 amide bonds. The summed E-state index contributed by atoms with van der Waals surface area (Å²) in [4.78, 5) is 6.28. The summed E-state index contributed by atoms with van der Waals surface area (Å²) in [6, 6.07) is 6.13. The van der Waals surface area contributed by atoms with Crippen LogP contribution in [0.1, 0.15) is 12.8 Å². The third-order valence-electron chi connectivity index (χ3n) is 2.93. The fourth-order valence-electron chi connectivity index (χ4n) is 1.85. The van der Waals surface area contributed by atoms with Gasteiger partial charge in [-0.1, -0.05) is 12.1 Å². The fraction of sp³-hybridized carbons (Fsp3) is 0.438. The molecular formula is C16H24FN3O. The molecular weight excluding hydrogens is 269 g/mol. The molecule has 0 aliphatic carbocycles. The van der Waals surface area contributed by atoms with Gasteiger partial charge < -0.3 is 15.0 Å². The molecule has 21 heavy (non-hydrogen) atoms. The first kappa shape index (κ1) is 17.0. The Morgan fingerprint density at radius 1 is 1.52 bits per heavy atom. The quantitative estimate of drug-likeness (QED) is 0.346. The highest BCUT2D eigenvalue weighted by Crippen LogP contribution is 2.11. The zero-order valence-corrected chi connectivity index (χ0v) is 12.8. The maximum Gasteiger partial charge on any atom is 0.193 e. The first-order valence-electron chi connectivity index (χ1n) is 7.08. The van der Waals surface area contributed by atoms with E-state index in [0.717, 1.165) is 25.3 Å². The van der Waals surface area contributed by atoms with E-state index in [0.29, 0.717) is 18.9 Å². The molecule has 0 saturated carbocycles. The minimum Gasteiger partial charge on any atom is -0.492 e. The van der Waals surface area contributed by atoms with Gasteiger partial charge in [-0.2, -0.15) is 0 Å². The second kappa shape index (κ2) is 9.80. The van der Waals surface area contributed by atoms with Gasteiger partial charge in [0.2, 0.25) is 0 Å². The number of unbranched alkanes of at least 4 members (excludes halogenated alkanes) is 1. The number of guanidine groups is 1. The Morgan fingerprint density at radius 3 is 3.00 bits per heavy atom. The molecule has 0 saturated heterocycles. The van der Waals surface area contributed by atoms with Crippen LogP contribution in [0.15, 0.2) is 41.9 Å². The summed E-state index contributed by atoms with van der Waals surface area (Å²) in [7, 11) is 3.74. The largest absolute Gasteiger partial charge is 0.492 e. The van der Waals surface area contributed by atoms with Crippen molar-refractivity contribution in [2.24, 2.45) is 4.99 Å². The van der Waals surface area contributed by atoms with Crippen molar-refractivity contribution in [2.75, 3.05) is 33.8 Å². The number of ether oxygens (including phenoxy) is 1. The second-order valence-electron chi connectivity index (χ2n) is 4.63. The van der Waals surface area contributed by atoms with Crippen LogP contribution in [0, 0.1) is 5.82 Å². The Balaban J connectivity index is 2.27.